The lowest BCUT2D eigenvalue weighted by molar-refractivity contribution is -0.137. The van der Waals surface area contributed by atoms with Gasteiger partial charge in [-0.1, -0.05) is 13.0 Å². The van der Waals surface area contributed by atoms with Crippen LogP contribution in [0.3, 0.4) is 0 Å². The molecule has 0 amide bonds. The highest BCUT2D eigenvalue weighted by atomic mass is 19.4. The molecule has 0 unspecified atom stereocenters. The third-order valence-corrected chi connectivity index (χ3v) is 3.07. The van der Waals surface area contributed by atoms with Gasteiger partial charge in [-0.2, -0.15) is 18.3 Å². The largest absolute Gasteiger partial charge is 0.416 e. The number of alkyl halides is 3. The average Bonchev–Trinajstić information content (AvgIpc) is 2.69. The molecule has 0 saturated heterocycles. The summed E-state index contributed by atoms with van der Waals surface area (Å²) in [6.45, 7) is 4.61. The summed E-state index contributed by atoms with van der Waals surface area (Å²) in [4.78, 5) is 0. The second-order valence-corrected chi connectivity index (χ2v) is 4.69. The molecular formula is C14H16F3N3. The maximum Gasteiger partial charge on any atom is 0.416 e. The summed E-state index contributed by atoms with van der Waals surface area (Å²) in [7, 11) is 0. The molecule has 1 aromatic carbocycles. The van der Waals surface area contributed by atoms with Crippen LogP contribution in [-0.2, 0) is 12.7 Å². The summed E-state index contributed by atoms with van der Waals surface area (Å²) >= 11 is 0. The lowest BCUT2D eigenvalue weighted by Crippen LogP contribution is -2.06. The van der Waals surface area contributed by atoms with E-state index >= 15 is 0 Å². The molecule has 2 rings (SSSR count). The lowest BCUT2D eigenvalue weighted by Gasteiger charge is -2.10. The minimum atomic E-state index is -4.38. The van der Waals surface area contributed by atoms with Gasteiger partial charge in [-0.15, -0.1) is 0 Å². The van der Waals surface area contributed by atoms with Gasteiger partial charge < -0.3 is 5.73 Å². The number of aromatic nitrogens is 2. The second kappa shape index (κ2) is 5.19. The van der Waals surface area contributed by atoms with Crippen molar-refractivity contribution < 1.29 is 13.2 Å². The van der Waals surface area contributed by atoms with Crippen LogP contribution >= 0.6 is 0 Å². The predicted octanol–water partition coefficient (Wildman–Crippen LogP) is 3.87. The van der Waals surface area contributed by atoms with E-state index in [1.807, 2.05) is 20.0 Å². The van der Waals surface area contributed by atoms with Crippen molar-refractivity contribution in [1.29, 1.82) is 0 Å². The Balaban J connectivity index is 2.43. The highest BCUT2D eigenvalue weighted by Gasteiger charge is 2.31. The van der Waals surface area contributed by atoms with Gasteiger partial charge in [0.25, 0.3) is 0 Å². The van der Waals surface area contributed by atoms with E-state index in [0.29, 0.717) is 5.56 Å². The van der Waals surface area contributed by atoms with E-state index in [1.165, 1.54) is 6.07 Å². The molecule has 0 atom stereocenters. The average molecular weight is 283 g/mol. The molecule has 1 aromatic heterocycles. The molecule has 3 nitrogen and oxygen atoms in total. The molecule has 0 fully saturated rings. The molecule has 0 aliphatic carbocycles. The van der Waals surface area contributed by atoms with E-state index in [2.05, 4.69) is 5.10 Å². The number of halogens is 3. The van der Waals surface area contributed by atoms with Gasteiger partial charge in [0.2, 0.25) is 0 Å². The van der Waals surface area contributed by atoms with Crippen LogP contribution in [-0.4, -0.2) is 9.78 Å². The van der Waals surface area contributed by atoms with Crippen molar-refractivity contribution >= 4 is 5.69 Å². The summed E-state index contributed by atoms with van der Waals surface area (Å²) < 4.78 is 39.6. The van der Waals surface area contributed by atoms with Crippen molar-refractivity contribution in [2.75, 3.05) is 5.73 Å². The van der Waals surface area contributed by atoms with Gasteiger partial charge in [0.05, 0.1) is 11.3 Å². The van der Waals surface area contributed by atoms with Crippen LogP contribution in [0.4, 0.5) is 18.9 Å². The number of rotatable bonds is 3. The monoisotopic (exact) mass is 283 g/mol. The molecular weight excluding hydrogens is 267 g/mol. The normalized spacial score (nSPS) is 11.8. The Bertz CT molecular complexity index is 615. The van der Waals surface area contributed by atoms with Gasteiger partial charge in [0.15, 0.2) is 0 Å². The third kappa shape index (κ3) is 2.79. The first kappa shape index (κ1) is 14.4. The first-order chi connectivity index (χ1) is 9.32. The Morgan fingerprint density at radius 3 is 2.50 bits per heavy atom. The fraction of sp³-hybridized carbons (Fsp3) is 0.357. The van der Waals surface area contributed by atoms with E-state index in [-0.39, 0.29) is 5.69 Å². The standard InChI is InChI=1S/C14H16F3N3/c1-3-6-20-8-12(9(2)19-20)11-5-4-10(7-13(11)18)14(15,16)17/h4-5,7-8H,3,6,18H2,1-2H3. The minimum Gasteiger partial charge on any atom is -0.398 e. The zero-order chi connectivity index (χ0) is 14.9. The van der Waals surface area contributed by atoms with Crippen LogP contribution in [0.25, 0.3) is 11.1 Å². The van der Waals surface area contributed by atoms with E-state index < -0.39 is 11.7 Å². The first-order valence-corrected chi connectivity index (χ1v) is 6.34. The Kier molecular flexibility index (Phi) is 3.74. The number of anilines is 1. The van der Waals surface area contributed by atoms with Gasteiger partial charge in [0, 0.05) is 29.6 Å². The molecule has 2 aromatic rings. The SMILES string of the molecule is CCCn1cc(-c2ccc(C(F)(F)F)cc2N)c(C)n1. The highest BCUT2D eigenvalue weighted by molar-refractivity contribution is 5.77. The fourth-order valence-corrected chi connectivity index (χ4v) is 2.11. The molecule has 0 spiro atoms. The number of nitrogen functional groups attached to an aromatic ring is 1. The van der Waals surface area contributed by atoms with Crippen molar-refractivity contribution in [3.63, 3.8) is 0 Å². The van der Waals surface area contributed by atoms with E-state index in [1.54, 1.807) is 4.68 Å². The second-order valence-electron chi connectivity index (χ2n) is 4.69. The topological polar surface area (TPSA) is 43.8 Å². The molecule has 1 heterocycles. The third-order valence-electron chi connectivity index (χ3n) is 3.07. The van der Waals surface area contributed by atoms with E-state index in [0.717, 1.165) is 36.4 Å². The van der Waals surface area contributed by atoms with Crippen LogP contribution < -0.4 is 5.73 Å². The maximum absolute atomic E-state index is 12.6. The summed E-state index contributed by atoms with van der Waals surface area (Å²) in [5.41, 5.74) is 7.24. The number of hydrogen-bond donors (Lipinski definition) is 1. The van der Waals surface area contributed by atoms with E-state index in [9.17, 15) is 13.2 Å². The number of hydrogen-bond acceptors (Lipinski definition) is 2. The maximum atomic E-state index is 12.6. The van der Waals surface area contributed by atoms with Crippen LogP contribution in [0.5, 0.6) is 0 Å². The van der Waals surface area contributed by atoms with Crippen molar-refractivity contribution in [2.45, 2.75) is 33.0 Å². The molecule has 20 heavy (non-hydrogen) atoms. The van der Waals surface area contributed by atoms with Crippen LogP contribution in [0, 0.1) is 6.92 Å². The van der Waals surface area contributed by atoms with Gasteiger partial charge in [0.1, 0.15) is 0 Å². The zero-order valence-corrected chi connectivity index (χ0v) is 11.3. The number of nitrogens with two attached hydrogens (primary N) is 1. The van der Waals surface area contributed by atoms with Crippen LogP contribution in [0.1, 0.15) is 24.6 Å². The van der Waals surface area contributed by atoms with Crippen molar-refractivity contribution in [3.05, 3.63) is 35.7 Å². The highest BCUT2D eigenvalue weighted by Crippen LogP contribution is 2.35. The molecule has 0 aliphatic rings. The number of nitrogens with zero attached hydrogens (tertiary/aromatic N) is 2. The molecule has 0 bridgehead atoms. The fourth-order valence-electron chi connectivity index (χ4n) is 2.11. The van der Waals surface area contributed by atoms with Crippen LogP contribution in [0.2, 0.25) is 0 Å². The zero-order valence-electron chi connectivity index (χ0n) is 11.3. The predicted molar refractivity (Wildman–Crippen MR) is 72.1 cm³/mol. The van der Waals surface area contributed by atoms with Crippen molar-refractivity contribution in [3.8, 4) is 11.1 Å². The summed E-state index contributed by atoms with van der Waals surface area (Å²) in [6, 6.07) is 3.41. The van der Waals surface area contributed by atoms with Crippen LogP contribution in [0.15, 0.2) is 24.4 Å². The molecule has 2 N–H and O–H groups in total. The van der Waals surface area contributed by atoms with Gasteiger partial charge in [-0.25, -0.2) is 0 Å². The van der Waals surface area contributed by atoms with Gasteiger partial charge in [-0.05, 0) is 25.5 Å². The summed E-state index contributed by atoms with van der Waals surface area (Å²) in [6.07, 6.45) is -1.63. The molecule has 0 radical (unpaired) electrons. The smallest absolute Gasteiger partial charge is 0.398 e. The first-order valence-electron chi connectivity index (χ1n) is 6.34. The van der Waals surface area contributed by atoms with Gasteiger partial charge >= 0.3 is 6.18 Å². The molecule has 0 saturated carbocycles. The van der Waals surface area contributed by atoms with Crippen molar-refractivity contribution in [1.82, 2.24) is 9.78 Å². The molecule has 108 valence electrons. The number of benzene rings is 1. The van der Waals surface area contributed by atoms with Gasteiger partial charge in [-0.3, -0.25) is 4.68 Å². The summed E-state index contributed by atoms with van der Waals surface area (Å²) in [5.74, 6) is 0. The van der Waals surface area contributed by atoms with E-state index in [4.69, 9.17) is 5.73 Å². The lowest BCUT2D eigenvalue weighted by atomic mass is 10.0. The minimum absolute atomic E-state index is 0.110. The Morgan fingerprint density at radius 1 is 1.25 bits per heavy atom. The Labute approximate surface area is 115 Å². The van der Waals surface area contributed by atoms with Crippen molar-refractivity contribution in [2.24, 2.45) is 0 Å². The quantitative estimate of drug-likeness (QED) is 0.869. The molecule has 0 aliphatic heterocycles. The Hall–Kier alpha value is -1.98. The summed E-state index contributed by atoms with van der Waals surface area (Å²) in [5, 5.41) is 4.33. The Morgan fingerprint density at radius 2 is 1.95 bits per heavy atom. The number of aryl methyl sites for hydroxylation is 2. The molecule has 6 heteroatoms.